The molecule has 1 rings (SSSR count). The highest BCUT2D eigenvalue weighted by Gasteiger charge is 2.10. The van der Waals surface area contributed by atoms with Crippen molar-refractivity contribution in [1.82, 2.24) is 5.32 Å². The Hall–Kier alpha value is -1.82. The Bertz CT molecular complexity index is 429. The van der Waals surface area contributed by atoms with Gasteiger partial charge in [0, 0.05) is 11.6 Å². The lowest BCUT2D eigenvalue weighted by Crippen LogP contribution is -2.32. The first-order valence-electron chi connectivity index (χ1n) is 6.34. The summed E-state index contributed by atoms with van der Waals surface area (Å²) in [6.45, 7) is 6.37. The summed E-state index contributed by atoms with van der Waals surface area (Å²) < 4.78 is 0. The van der Waals surface area contributed by atoms with E-state index in [1.54, 1.807) is 24.3 Å². The number of nitrogens with one attached hydrogen (secondary N) is 1. The molecule has 0 spiro atoms. The van der Waals surface area contributed by atoms with Crippen molar-refractivity contribution in [3.05, 3.63) is 35.4 Å². The van der Waals surface area contributed by atoms with E-state index in [9.17, 15) is 4.79 Å². The normalized spacial score (nSPS) is 11.9. The van der Waals surface area contributed by atoms with Gasteiger partial charge in [0.05, 0.1) is 11.6 Å². The van der Waals surface area contributed by atoms with E-state index in [0.29, 0.717) is 17.0 Å². The number of hydrogen-bond acceptors (Lipinski definition) is 2. The van der Waals surface area contributed by atoms with Crippen molar-refractivity contribution in [2.45, 2.75) is 39.7 Å². The van der Waals surface area contributed by atoms with Crippen molar-refractivity contribution >= 4 is 5.91 Å². The summed E-state index contributed by atoms with van der Waals surface area (Å²) in [7, 11) is 0. The number of nitriles is 1. The zero-order valence-corrected chi connectivity index (χ0v) is 11.2. The molecule has 0 aliphatic heterocycles. The fourth-order valence-electron chi connectivity index (χ4n) is 1.66. The monoisotopic (exact) mass is 244 g/mol. The van der Waals surface area contributed by atoms with E-state index in [-0.39, 0.29) is 11.9 Å². The molecule has 0 radical (unpaired) electrons. The Labute approximate surface area is 109 Å². The summed E-state index contributed by atoms with van der Waals surface area (Å²) in [4.78, 5) is 11.9. The van der Waals surface area contributed by atoms with Gasteiger partial charge in [-0.05, 0) is 49.9 Å². The third-order valence-electron chi connectivity index (χ3n) is 2.83. The highest BCUT2D eigenvalue weighted by molar-refractivity contribution is 5.94. The molecule has 18 heavy (non-hydrogen) atoms. The van der Waals surface area contributed by atoms with E-state index < -0.39 is 0 Å². The van der Waals surface area contributed by atoms with Crippen molar-refractivity contribution in [2.24, 2.45) is 5.92 Å². The van der Waals surface area contributed by atoms with Crippen molar-refractivity contribution < 1.29 is 4.79 Å². The third kappa shape index (κ3) is 4.58. The fourth-order valence-corrected chi connectivity index (χ4v) is 1.66. The molecule has 0 aromatic heterocycles. The second-order valence-electron chi connectivity index (χ2n) is 5.03. The molecule has 3 heteroatoms. The van der Waals surface area contributed by atoms with Gasteiger partial charge < -0.3 is 5.32 Å². The van der Waals surface area contributed by atoms with Crippen molar-refractivity contribution in [3.63, 3.8) is 0 Å². The van der Waals surface area contributed by atoms with Crippen LogP contribution in [0.1, 0.15) is 49.5 Å². The van der Waals surface area contributed by atoms with E-state index in [0.717, 1.165) is 12.8 Å². The van der Waals surface area contributed by atoms with Crippen molar-refractivity contribution in [1.29, 1.82) is 5.26 Å². The van der Waals surface area contributed by atoms with Crippen LogP contribution < -0.4 is 5.32 Å². The first kappa shape index (κ1) is 14.2. The predicted molar refractivity (Wildman–Crippen MR) is 72.2 cm³/mol. The van der Waals surface area contributed by atoms with Gasteiger partial charge in [0.25, 0.3) is 5.91 Å². The van der Waals surface area contributed by atoms with Gasteiger partial charge >= 0.3 is 0 Å². The molecular formula is C15H20N2O. The summed E-state index contributed by atoms with van der Waals surface area (Å²) in [5, 5.41) is 11.7. The molecule has 1 atom stereocenters. The van der Waals surface area contributed by atoms with Crippen LogP contribution in [0.4, 0.5) is 0 Å². The number of benzene rings is 1. The minimum absolute atomic E-state index is 0.0734. The molecule has 1 aromatic carbocycles. The molecular weight excluding hydrogens is 224 g/mol. The van der Waals surface area contributed by atoms with E-state index >= 15 is 0 Å². The van der Waals surface area contributed by atoms with Gasteiger partial charge in [-0.1, -0.05) is 13.8 Å². The number of amides is 1. The highest BCUT2D eigenvalue weighted by atomic mass is 16.1. The van der Waals surface area contributed by atoms with Crippen LogP contribution in [-0.4, -0.2) is 11.9 Å². The number of nitrogens with zero attached hydrogens (tertiary/aromatic N) is 1. The molecule has 0 unspecified atom stereocenters. The summed E-state index contributed by atoms with van der Waals surface area (Å²) in [6, 6.07) is 8.90. The average Bonchev–Trinajstić information content (AvgIpc) is 2.36. The van der Waals surface area contributed by atoms with Gasteiger partial charge in [-0.2, -0.15) is 5.26 Å². The lowest BCUT2D eigenvalue weighted by molar-refractivity contribution is 0.0937. The third-order valence-corrected chi connectivity index (χ3v) is 2.83. The summed E-state index contributed by atoms with van der Waals surface area (Å²) in [5.41, 5.74) is 1.17. The molecule has 0 aliphatic carbocycles. The Morgan fingerprint density at radius 1 is 1.22 bits per heavy atom. The Morgan fingerprint density at radius 2 is 1.83 bits per heavy atom. The molecule has 0 saturated heterocycles. The molecule has 0 aliphatic rings. The first-order valence-corrected chi connectivity index (χ1v) is 6.34. The minimum Gasteiger partial charge on any atom is -0.350 e. The van der Waals surface area contributed by atoms with Crippen molar-refractivity contribution in [2.75, 3.05) is 0 Å². The first-order chi connectivity index (χ1) is 8.52. The molecule has 1 N–H and O–H groups in total. The van der Waals surface area contributed by atoms with E-state index in [1.807, 2.05) is 13.0 Å². The zero-order valence-electron chi connectivity index (χ0n) is 11.2. The highest BCUT2D eigenvalue weighted by Crippen LogP contribution is 2.08. The van der Waals surface area contributed by atoms with Crippen LogP contribution >= 0.6 is 0 Å². The van der Waals surface area contributed by atoms with E-state index in [2.05, 4.69) is 19.2 Å². The number of carbonyl (C=O) groups is 1. The predicted octanol–water partition coefficient (Wildman–Crippen LogP) is 3.11. The van der Waals surface area contributed by atoms with Gasteiger partial charge in [-0.3, -0.25) is 4.79 Å². The van der Waals surface area contributed by atoms with Gasteiger partial charge in [0.2, 0.25) is 0 Å². The zero-order chi connectivity index (χ0) is 13.5. The lowest BCUT2D eigenvalue weighted by Gasteiger charge is -2.15. The summed E-state index contributed by atoms with van der Waals surface area (Å²) in [5.74, 6) is 0.579. The molecule has 0 heterocycles. The van der Waals surface area contributed by atoms with Crippen LogP contribution in [0.5, 0.6) is 0 Å². The van der Waals surface area contributed by atoms with Crippen LogP contribution in [0.25, 0.3) is 0 Å². The SMILES string of the molecule is CC(C)CC[C@H](C)NC(=O)c1ccc(C#N)cc1. The number of hydrogen-bond donors (Lipinski definition) is 1. The van der Waals surface area contributed by atoms with Gasteiger partial charge in [-0.25, -0.2) is 0 Å². The van der Waals surface area contributed by atoms with Gasteiger partial charge in [0.15, 0.2) is 0 Å². The van der Waals surface area contributed by atoms with Crippen LogP contribution in [0.2, 0.25) is 0 Å². The van der Waals surface area contributed by atoms with E-state index in [4.69, 9.17) is 5.26 Å². The van der Waals surface area contributed by atoms with Gasteiger partial charge in [-0.15, -0.1) is 0 Å². The lowest BCUT2D eigenvalue weighted by atomic mass is 10.0. The quantitative estimate of drug-likeness (QED) is 0.865. The smallest absolute Gasteiger partial charge is 0.251 e. The maximum Gasteiger partial charge on any atom is 0.251 e. The minimum atomic E-state index is -0.0734. The Balaban J connectivity index is 2.51. The number of rotatable bonds is 5. The molecule has 3 nitrogen and oxygen atoms in total. The van der Waals surface area contributed by atoms with Gasteiger partial charge in [0.1, 0.15) is 0 Å². The van der Waals surface area contributed by atoms with Crippen LogP contribution in [0.3, 0.4) is 0 Å². The maximum absolute atomic E-state index is 11.9. The van der Waals surface area contributed by atoms with Crippen molar-refractivity contribution in [3.8, 4) is 6.07 Å². The second-order valence-corrected chi connectivity index (χ2v) is 5.03. The Kier molecular flexibility index (Phi) is 5.38. The largest absolute Gasteiger partial charge is 0.350 e. The molecule has 0 saturated carbocycles. The molecule has 1 amide bonds. The van der Waals surface area contributed by atoms with Crippen LogP contribution in [0.15, 0.2) is 24.3 Å². The van der Waals surface area contributed by atoms with Crippen LogP contribution in [-0.2, 0) is 0 Å². The average molecular weight is 244 g/mol. The second kappa shape index (κ2) is 6.80. The molecule has 1 aromatic rings. The fraction of sp³-hybridized carbons (Fsp3) is 0.467. The maximum atomic E-state index is 11.9. The molecule has 96 valence electrons. The topological polar surface area (TPSA) is 52.9 Å². The van der Waals surface area contributed by atoms with Crippen LogP contribution in [0, 0.1) is 17.2 Å². The number of carbonyl (C=O) groups excluding carboxylic acids is 1. The Morgan fingerprint density at radius 3 is 2.33 bits per heavy atom. The standard InChI is InChI=1S/C15H20N2O/c1-11(2)4-5-12(3)17-15(18)14-8-6-13(10-16)7-9-14/h6-9,11-12H,4-5H2,1-3H3,(H,17,18)/t12-/m0/s1. The molecule has 0 bridgehead atoms. The summed E-state index contributed by atoms with van der Waals surface area (Å²) >= 11 is 0. The van der Waals surface area contributed by atoms with E-state index in [1.165, 1.54) is 0 Å². The molecule has 0 fully saturated rings. The summed E-state index contributed by atoms with van der Waals surface area (Å²) in [6.07, 6.45) is 2.09.